The topological polar surface area (TPSA) is 62.3 Å². The zero-order valence-corrected chi connectivity index (χ0v) is 16.5. The summed E-state index contributed by atoms with van der Waals surface area (Å²) in [6.07, 6.45) is 1.48. The van der Waals surface area contributed by atoms with E-state index in [4.69, 9.17) is 0 Å². The van der Waals surface area contributed by atoms with Crippen molar-refractivity contribution < 1.29 is 12.8 Å². The van der Waals surface area contributed by atoms with Crippen LogP contribution < -0.4 is 9.62 Å². The molecule has 0 spiro atoms. The van der Waals surface area contributed by atoms with Gasteiger partial charge in [0, 0.05) is 12.6 Å². The van der Waals surface area contributed by atoms with Crippen LogP contribution in [-0.4, -0.2) is 19.4 Å². The van der Waals surface area contributed by atoms with E-state index < -0.39 is 15.8 Å². The number of hydrogen-bond donors (Lipinski definition) is 1. The minimum Gasteiger partial charge on any atom is -0.350 e. The monoisotopic (exact) mass is 399 g/mol. The maximum atomic E-state index is 13.0. The van der Waals surface area contributed by atoms with Gasteiger partial charge in [0.05, 0.1) is 16.8 Å². The van der Waals surface area contributed by atoms with Crippen molar-refractivity contribution >= 4 is 21.5 Å². The van der Waals surface area contributed by atoms with Gasteiger partial charge < -0.3 is 4.90 Å². The summed E-state index contributed by atoms with van der Waals surface area (Å²) in [5.41, 5.74) is 1.51. The molecule has 0 saturated heterocycles. The lowest BCUT2D eigenvalue weighted by Crippen LogP contribution is -2.30. The quantitative estimate of drug-likeness (QED) is 0.638. The highest BCUT2D eigenvalue weighted by Crippen LogP contribution is 2.21. The fourth-order valence-electron chi connectivity index (χ4n) is 2.75. The Morgan fingerprint density at radius 2 is 1.68 bits per heavy atom. The number of hydrogen-bond acceptors (Lipinski definition) is 4. The number of anilines is 2. The predicted octanol–water partition coefficient (Wildman–Crippen LogP) is 4.44. The Kier molecular flexibility index (Phi) is 5.94. The van der Waals surface area contributed by atoms with Gasteiger partial charge in [-0.3, -0.25) is 4.72 Å². The summed E-state index contributed by atoms with van der Waals surface area (Å²) >= 11 is 0. The van der Waals surface area contributed by atoms with Gasteiger partial charge in [0.25, 0.3) is 10.0 Å². The molecule has 0 atom stereocenters. The standard InChI is InChI=1S/C21H22FN3O2S/c1-16(2)25(15-17-6-4-3-5-7-17)21-13-10-19(14-23-21)24-28(26,27)20-11-8-18(22)9-12-20/h3-14,16,24H,15H2,1-2H3. The number of sulfonamides is 1. The van der Waals surface area contributed by atoms with Crippen molar-refractivity contribution in [2.75, 3.05) is 9.62 Å². The average Bonchev–Trinajstić information content (AvgIpc) is 2.67. The van der Waals surface area contributed by atoms with Gasteiger partial charge in [0.15, 0.2) is 0 Å². The second-order valence-electron chi connectivity index (χ2n) is 6.67. The Morgan fingerprint density at radius 3 is 2.25 bits per heavy atom. The first-order valence-corrected chi connectivity index (χ1v) is 10.4. The second-order valence-corrected chi connectivity index (χ2v) is 8.35. The highest BCUT2D eigenvalue weighted by Gasteiger charge is 2.16. The minimum absolute atomic E-state index is 0.00846. The van der Waals surface area contributed by atoms with Crippen LogP contribution in [0.2, 0.25) is 0 Å². The average molecular weight is 399 g/mol. The third-order valence-electron chi connectivity index (χ3n) is 4.24. The van der Waals surface area contributed by atoms with E-state index in [1.165, 1.54) is 23.9 Å². The van der Waals surface area contributed by atoms with Gasteiger partial charge in [-0.25, -0.2) is 17.8 Å². The maximum absolute atomic E-state index is 13.0. The SMILES string of the molecule is CC(C)N(Cc1ccccc1)c1ccc(NS(=O)(=O)c2ccc(F)cc2)cn1. The van der Waals surface area contributed by atoms with E-state index in [2.05, 4.69) is 40.6 Å². The van der Waals surface area contributed by atoms with Crippen molar-refractivity contribution in [2.45, 2.75) is 31.3 Å². The Labute approximate surface area is 164 Å². The highest BCUT2D eigenvalue weighted by atomic mass is 32.2. The van der Waals surface area contributed by atoms with Crippen molar-refractivity contribution in [3.63, 3.8) is 0 Å². The Morgan fingerprint density at radius 1 is 1.00 bits per heavy atom. The molecule has 0 unspecified atom stereocenters. The van der Waals surface area contributed by atoms with Crippen molar-refractivity contribution in [1.29, 1.82) is 0 Å². The van der Waals surface area contributed by atoms with Gasteiger partial charge in [-0.1, -0.05) is 30.3 Å². The lowest BCUT2D eigenvalue weighted by molar-refractivity contribution is 0.599. The van der Waals surface area contributed by atoms with Crippen LogP contribution in [0.15, 0.2) is 77.8 Å². The van der Waals surface area contributed by atoms with E-state index >= 15 is 0 Å². The number of pyridine rings is 1. The zero-order valence-electron chi connectivity index (χ0n) is 15.7. The molecule has 0 aliphatic carbocycles. The summed E-state index contributed by atoms with van der Waals surface area (Å²) in [4.78, 5) is 6.55. The van der Waals surface area contributed by atoms with E-state index in [1.807, 2.05) is 18.2 Å². The predicted molar refractivity (Wildman–Crippen MR) is 109 cm³/mol. The summed E-state index contributed by atoms with van der Waals surface area (Å²) in [5, 5.41) is 0. The Hall–Kier alpha value is -2.93. The molecule has 0 bridgehead atoms. The Balaban J connectivity index is 1.77. The minimum atomic E-state index is -3.80. The number of aromatic nitrogens is 1. The molecule has 0 amide bonds. The molecule has 3 aromatic rings. The van der Waals surface area contributed by atoms with Crippen LogP contribution in [0.1, 0.15) is 19.4 Å². The van der Waals surface area contributed by atoms with Crippen LogP contribution in [0.4, 0.5) is 15.9 Å². The molecule has 0 aliphatic heterocycles. The van der Waals surface area contributed by atoms with Gasteiger partial charge in [-0.2, -0.15) is 0 Å². The molecule has 3 rings (SSSR count). The molecule has 0 fully saturated rings. The lowest BCUT2D eigenvalue weighted by Gasteiger charge is -2.28. The summed E-state index contributed by atoms with van der Waals surface area (Å²) in [6.45, 7) is 4.86. The normalized spacial score (nSPS) is 11.4. The molecule has 0 aliphatic rings. The van der Waals surface area contributed by atoms with Gasteiger partial charge >= 0.3 is 0 Å². The molecular weight excluding hydrogens is 377 g/mol. The molecule has 1 aromatic heterocycles. The van der Waals surface area contributed by atoms with Crippen LogP contribution >= 0.6 is 0 Å². The molecule has 0 saturated carbocycles. The number of rotatable bonds is 7. The molecule has 1 N–H and O–H groups in total. The molecule has 1 heterocycles. The van der Waals surface area contributed by atoms with Crippen LogP contribution in [-0.2, 0) is 16.6 Å². The van der Waals surface area contributed by atoms with E-state index in [9.17, 15) is 12.8 Å². The smallest absolute Gasteiger partial charge is 0.261 e. The summed E-state index contributed by atoms with van der Waals surface area (Å²) in [5.74, 6) is 0.265. The molecule has 28 heavy (non-hydrogen) atoms. The van der Waals surface area contributed by atoms with Crippen LogP contribution in [0.5, 0.6) is 0 Å². The van der Waals surface area contributed by atoms with E-state index in [0.717, 1.165) is 18.0 Å². The summed E-state index contributed by atoms with van der Waals surface area (Å²) in [6, 6.07) is 18.4. The third-order valence-corrected chi connectivity index (χ3v) is 5.63. The van der Waals surface area contributed by atoms with E-state index in [-0.39, 0.29) is 10.9 Å². The van der Waals surface area contributed by atoms with Crippen molar-refractivity contribution in [1.82, 2.24) is 4.98 Å². The first-order chi connectivity index (χ1) is 13.3. The Bertz CT molecular complexity index is 1010. The van der Waals surface area contributed by atoms with Crippen LogP contribution in [0, 0.1) is 5.82 Å². The van der Waals surface area contributed by atoms with Gasteiger partial charge in [0.2, 0.25) is 0 Å². The van der Waals surface area contributed by atoms with Gasteiger partial charge in [0.1, 0.15) is 11.6 Å². The number of benzene rings is 2. The molecule has 5 nitrogen and oxygen atoms in total. The molecular formula is C21H22FN3O2S. The number of halogens is 1. The molecule has 2 aromatic carbocycles. The first-order valence-electron chi connectivity index (χ1n) is 8.90. The molecule has 7 heteroatoms. The van der Waals surface area contributed by atoms with Crippen LogP contribution in [0.3, 0.4) is 0 Å². The molecule has 0 radical (unpaired) electrons. The highest BCUT2D eigenvalue weighted by molar-refractivity contribution is 7.92. The number of nitrogens with one attached hydrogen (secondary N) is 1. The zero-order chi connectivity index (χ0) is 20.1. The van der Waals surface area contributed by atoms with E-state index in [1.54, 1.807) is 12.1 Å². The fraction of sp³-hybridized carbons (Fsp3) is 0.190. The summed E-state index contributed by atoms with van der Waals surface area (Å²) in [7, 11) is -3.80. The molecule has 146 valence electrons. The third kappa shape index (κ3) is 4.86. The van der Waals surface area contributed by atoms with E-state index in [0.29, 0.717) is 12.2 Å². The van der Waals surface area contributed by atoms with Crippen molar-refractivity contribution in [2.24, 2.45) is 0 Å². The summed E-state index contributed by atoms with van der Waals surface area (Å²) < 4.78 is 40.3. The number of nitrogens with zero attached hydrogens (tertiary/aromatic N) is 2. The van der Waals surface area contributed by atoms with Gasteiger partial charge in [-0.05, 0) is 55.8 Å². The lowest BCUT2D eigenvalue weighted by atomic mass is 10.2. The largest absolute Gasteiger partial charge is 0.350 e. The first kappa shape index (κ1) is 19.8. The maximum Gasteiger partial charge on any atom is 0.261 e. The van der Waals surface area contributed by atoms with Crippen molar-refractivity contribution in [3.05, 3.63) is 84.3 Å². The van der Waals surface area contributed by atoms with Crippen LogP contribution in [0.25, 0.3) is 0 Å². The van der Waals surface area contributed by atoms with Gasteiger partial charge in [-0.15, -0.1) is 0 Å². The second kappa shape index (κ2) is 8.39. The fourth-order valence-corrected chi connectivity index (χ4v) is 3.80. The van der Waals surface area contributed by atoms with Crippen molar-refractivity contribution in [3.8, 4) is 0 Å².